The lowest BCUT2D eigenvalue weighted by molar-refractivity contribution is 0.0408. The highest BCUT2D eigenvalue weighted by atomic mass is 32.1. The molecular weight excluding hydrogens is 448 g/mol. The number of thiophene rings is 1. The maximum atomic E-state index is 10.7. The second kappa shape index (κ2) is 9.86. The number of aromatic nitrogens is 1. The van der Waals surface area contributed by atoms with Crippen LogP contribution in [-0.4, -0.2) is 61.1 Å². The molecule has 2 unspecified atom stereocenters. The van der Waals surface area contributed by atoms with Crippen molar-refractivity contribution in [3.8, 4) is 17.2 Å². The number of fused-ring (bicyclic) bond motifs is 2. The second-order valence-corrected chi connectivity index (χ2v) is 10.2. The van der Waals surface area contributed by atoms with Gasteiger partial charge in [0, 0.05) is 44.6 Å². The van der Waals surface area contributed by atoms with Gasteiger partial charge in [-0.05, 0) is 68.6 Å². The molecule has 1 saturated heterocycles. The molecule has 0 amide bonds. The smallest absolute Gasteiger partial charge is 0.169 e. The number of rotatable bonds is 8. The second-order valence-electron chi connectivity index (χ2n) is 9.09. The van der Waals surface area contributed by atoms with Crippen molar-refractivity contribution in [1.82, 2.24) is 9.88 Å². The zero-order chi connectivity index (χ0) is 23.7. The van der Waals surface area contributed by atoms with E-state index in [4.69, 9.17) is 14.2 Å². The SMILES string of the molecule is COc1ccc2sc(C3CCN(CC(O)COc4cccc5[nH]ccc45)[C@@H](C)C3)cc2c1OC. The molecule has 2 aromatic carbocycles. The molecule has 3 heterocycles. The van der Waals surface area contributed by atoms with E-state index in [2.05, 4.69) is 28.9 Å². The molecule has 0 spiro atoms. The Labute approximate surface area is 204 Å². The first-order chi connectivity index (χ1) is 16.6. The molecule has 34 heavy (non-hydrogen) atoms. The Hall–Kier alpha value is -2.74. The maximum absolute atomic E-state index is 10.7. The number of hydrogen-bond donors (Lipinski definition) is 2. The van der Waals surface area contributed by atoms with Gasteiger partial charge in [0.05, 0.1) is 14.2 Å². The van der Waals surface area contributed by atoms with Crippen LogP contribution in [0.4, 0.5) is 0 Å². The predicted molar refractivity (Wildman–Crippen MR) is 138 cm³/mol. The highest BCUT2D eigenvalue weighted by Crippen LogP contribution is 2.44. The molecule has 5 rings (SSSR count). The van der Waals surface area contributed by atoms with Gasteiger partial charge >= 0.3 is 0 Å². The number of aromatic amines is 1. The van der Waals surface area contributed by atoms with Crippen LogP contribution in [0.3, 0.4) is 0 Å². The van der Waals surface area contributed by atoms with Crippen LogP contribution in [0, 0.1) is 0 Å². The molecule has 3 atom stereocenters. The van der Waals surface area contributed by atoms with Crippen LogP contribution in [0.15, 0.2) is 48.7 Å². The summed E-state index contributed by atoms with van der Waals surface area (Å²) in [7, 11) is 3.37. The Morgan fingerprint density at radius 2 is 2.00 bits per heavy atom. The van der Waals surface area contributed by atoms with E-state index >= 15 is 0 Å². The van der Waals surface area contributed by atoms with E-state index in [1.165, 1.54) is 9.58 Å². The number of aliphatic hydroxyl groups excluding tert-OH is 1. The highest BCUT2D eigenvalue weighted by molar-refractivity contribution is 7.19. The molecule has 6 nitrogen and oxygen atoms in total. The number of piperidine rings is 1. The quantitative estimate of drug-likeness (QED) is 0.353. The number of likely N-dealkylation sites (tertiary alicyclic amines) is 1. The minimum Gasteiger partial charge on any atom is -0.493 e. The van der Waals surface area contributed by atoms with Gasteiger partial charge in [-0.2, -0.15) is 0 Å². The van der Waals surface area contributed by atoms with E-state index in [-0.39, 0.29) is 6.61 Å². The zero-order valence-corrected chi connectivity index (χ0v) is 20.7. The molecule has 2 aromatic heterocycles. The Balaban J connectivity index is 1.20. The molecular formula is C27H32N2O4S. The average Bonchev–Trinajstić information content (AvgIpc) is 3.50. The third-order valence-corrected chi connectivity index (χ3v) is 8.17. The van der Waals surface area contributed by atoms with Crippen molar-refractivity contribution >= 4 is 32.3 Å². The van der Waals surface area contributed by atoms with E-state index in [0.29, 0.717) is 18.5 Å². The fourth-order valence-electron chi connectivity index (χ4n) is 5.10. The number of hydrogen-bond acceptors (Lipinski definition) is 6. The summed E-state index contributed by atoms with van der Waals surface area (Å²) in [4.78, 5) is 6.98. The molecule has 2 N–H and O–H groups in total. The van der Waals surface area contributed by atoms with Crippen LogP contribution in [0.25, 0.3) is 21.0 Å². The third kappa shape index (κ3) is 4.48. The Morgan fingerprint density at radius 3 is 2.79 bits per heavy atom. The van der Waals surface area contributed by atoms with E-state index in [1.807, 2.05) is 47.9 Å². The van der Waals surface area contributed by atoms with Crippen LogP contribution in [0.1, 0.15) is 30.6 Å². The van der Waals surface area contributed by atoms with Gasteiger partial charge in [0.15, 0.2) is 11.5 Å². The van der Waals surface area contributed by atoms with E-state index in [0.717, 1.165) is 52.9 Å². The number of nitrogens with zero attached hydrogens (tertiary/aromatic N) is 1. The number of benzene rings is 2. The van der Waals surface area contributed by atoms with Gasteiger partial charge < -0.3 is 24.3 Å². The number of H-pyrrole nitrogens is 1. The molecule has 0 radical (unpaired) electrons. The fraction of sp³-hybridized carbons (Fsp3) is 0.407. The topological polar surface area (TPSA) is 67.0 Å². The van der Waals surface area contributed by atoms with Crippen LogP contribution in [0.5, 0.6) is 17.2 Å². The van der Waals surface area contributed by atoms with Crippen molar-refractivity contribution in [3.63, 3.8) is 0 Å². The third-order valence-electron chi connectivity index (χ3n) is 6.91. The van der Waals surface area contributed by atoms with Gasteiger partial charge in [-0.15, -0.1) is 11.3 Å². The summed E-state index contributed by atoms with van der Waals surface area (Å²) in [6.07, 6.45) is 3.52. The summed E-state index contributed by atoms with van der Waals surface area (Å²) >= 11 is 1.85. The first-order valence-electron chi connectivity index (χ1n) is 11.8. The van der Waals surface area contributed by atoms with Crippen LogP contribution < -0.4 is 14.2 Å². The predicted octanol–water partition coefficient (Wildman–Crippen LogP) is 5.41. The van der Waals surface area contributed by atoms with E-state index in [1.54, 1.807) is 14.2 Å². The monoisotopic (exact) mass is 480 g/mol. The standard InChI is InChI=1S/C27H32N2O4S/c1-17-13-18(26-14-21-25(34-26)8-7-24(31-2)27(21)32-3)10-12-29(17)15-19(30)16-33-23-6-4-5-22-20(23)9-11-28-22/h4-9,11,14,17-19,28,30H,10,12-13,15-16H2,1-3H3/t17-,18?,19?/m0/s1. The largest absolute Gasteiger partial charge is 0.493 e. The summed E-state index contributed by atoms with van der Waals surface area (Å²) in [5.74, 6) is 2.90. The van der Waals surface area contributed by atoms with Gasteiger partial charge in [0.2, 0.25) is 0 Å². The molecule has 1 fully saturated rings. The van der Waals surface area contributed by atoms with Crippen LogP contribution in [-0.2, 0) is 0 Å². The van der Waals surface area contributed by atoms with Gasteiger partial charge in [0.25, 0.3) is 0 Å². The van der Waals surface area contributed by atoms with E-state index in [9.17, 15) is 5.11 Å². The molecule has 1 aliphatic rings. The Bertz CT molecular complexity index is 1270. The number of ether oxygens (including phenoxy) is 3. The van der Waals surface area contributed by atoms with Crippen molar-refractivity contribution in [2.24, 2.45) is 0 Å². The number of β-amino-alcohol motifs (C(OH)–C–C–N with tert-alkyl or cyclic N) is 1. The zero-order valence-electron chi connectivity index (χ0n) is 19.9. The Kier molecular flexibility index (Phi) is 6.68. The van der Waals surface area contributed by atoms with E-state index < -0.39 is 6.10 Å². The van der Waals surface area contributed by atoms with Crippen molar-refractivity contribution in [1.29, 1.82) is 0 Å². The van der Waals surface area contributed by atoms with Crippen molar-refractivity contribution in [3.05, 3.63) is 53.5 Å². The molecule has 180 valence electrons. The number of aliphatic hydroxyl groups is 1. The lowest BCUT2D eigenvalue weighted by atomic mass is 9.90. The minimum absolute atomic E-state index is 0.287. The average molecular weight is 481 g/mol. The van der Waals surface area contributed by atoms with Gasteiger partial charge in [-0.25, -0.2) is 0 Å². The number of nitrogens with one attached hydrogen (secondary N) is 1. The van der Waals surface area contributed by atoms with Crippen LogP contribution >= 0.6 is 11.3 Å². The van der Waals surface area contributed by atoms with Crippen molar-refractivity contribution in [2.45, 2.75) is 37.8 Å². The normalized spacial score (nSPS) is 20.0. The fourth-order valence-corrected chi connectivity index (χ4v) is 6.31. The van der Waals surface area contributed by atoms with Gasteiger partial charge in [-0.1, -0.05) is 6.07 Å². The lowest BCUT2D eigenvalue weighted by Gasteiger charge is -2.38. The molecule has 0 bridgehead atoms. The maximum Gasteiger partial charge on any atom is 0.169 e. The van der Waals surface area contributed by atoms with Gasteiger partial charge in [0.1, 0.15) is 18.5 Å². The minimum atomic E-state index is -0.533. The summed E-state index contributed by atoms with van der Waals surface area (Å²) in [5.41, 5.74) is 1.04. The first kappa shape index (κ1) is 23.0. The molecule has 4 aromatic rings. The summed E-state index contributed by atoms with van der Waals surface area (Å²) < 4.78 is 18.3. The summed E-state index contributed by atoms with van der Waals surface area (Å²) in [6, 6.07) is 14.7. The molecule has 0 aliphatic carbocycles. The molecule has 1 aliphatic heterocycles. The molecule has 0 saturated carbocycles. The summed E-state index contributed by atoms with van der Waals surface area (Å²) in [6.45, 7) is 4.13. The van der Waals surface area contributed by atoms with Crippen molar-refractivity contribution < 1.29 is 19.3 Å². The van der Waals surface area contributed by atoms with Crippen LogP contribution in [0.2, 0.25) is 0 Å². The van der Waals surface area contributed by atoms with Crippen molar-refractivity contribution in [2.75, 3.05) is 33.9 Å². The number of methoxy groups -OCH3 is 2. The molecule has 7 heteroatoms. The van der Waals surface area contributed by atoms with Gasteiger partial charge in [-0.3, -0.25) is 4.90 Å². The first-order valence-corrected chi connectivity index (χ1v) is 12.6. The highest BCUT2D eigenvalue weighted by Gasteiger charge is 2.29. The lowest BCUT2D eigenvalue weighted by Crippen LogP contribution is -2.45. The summed E-state index contributed by atoms with van der Waals surface area (Å²) in [5, 5.41) is 12.9. The Morgan fingerprint density at radius 1 is 1.12 bits per heavy atom.